The molecule has 1 aromatic carbocycles. The Kier molecular flexibility index (Phi) is 3.40. The second-order valence-corrected chi connectivity index (χ2v) is 6.76. The normalized spacial score (nSPS) is 11.5. The lowest BCUT2D eigenvalue weighted by molar-refractivity contribution is 0.489. The van der Waals surface area contributed by atoms with Crippen LogP contribution in [0.3, 0.4) is 0 Å². The maximum Gasteiger partial charge on any atom is 0.258 e. The van der Waals surface area contributed by atoms with E-state index in [2.05, 4.69) is 9.97 Å². The van der Waals surface area contributed by atoms with E-state index in [1.165, 1.54) is 33.6 Å². The van der Waals surface area contributed by atoms with Crippen LogP contribution in [0.25, 0.3) is 16.1 Å². The van der Waals surface area contributed by atoms with Gasteiger partial charge in [-0.1, -0.05) is 23.4 Å². The fourth-order valence-corrected chi connectivity index (χ4v) is 3.67. The highest BCUT2D eigenvalue weighted by Crippen LogP contribution is 2.27. The van der Waals surface area contributed by atoms with Gasteiger partial charge in [-0.15, -0.1) is 11.3 Å². The molecule has 0 N–H and O–H groups in total. The Balaban J connectivity index is 1.60. The first-order chi connectivity index (χ1) is 10.7. The predicted octanol–water partition coefficient (Wildman–Crippen LogP) is 3.84. The summed E-state index contributed by atoms with van der Waals surface area (Å²) >= 11 is 8.75. The first-order valence-electron chi connectivity index (χ1n) is 6.34. The number of rotatable bonds is 3. The standard InChI is InChI=1S/C14H8ClN3O2S2/c15-8-1-2-10-11(5-8)20-14(17-10)22-7-9-6-12(19)18-3-4-21-13(18)16-9/h1-6H,7H2. The van der Waals surface area contributed by atoms with Gasteiger partial charge in [0.1, 0.15) is 5.52 Å². The van der Waals surface area contributed by atoms with Crippen LogP contribution in [-0.4, -0.2) is 14.4 Å². The third-order valence-electron chi connectivity index (χ3n) is 3.03. The highest BCUT2D eigenvalue weighted by molar-refractivity contribution is 7.98. The molecule has 3 heterocycles. The molecular formula is C14H8ClN3O2S2. The van der Waals surface area contributed by atoms with E-state index in [1.807, 2.05) is 11.4 Å². The monoisotopic (exact) mass is 349 g/mol. The minimum absolute atomic E-state index is 0.0776. The number of nitrogens with zero attached hydrogens (tertiary/aromatic N) is 3. The van der Waals surface area contributed by atoms with Crippen molar-refractivity contribution in [1.29, 1.82) is 0 Å². The van der Waals surface area contributed by atoms with Gasteiger partial charge in [0, 0.05) is 34.5 Å². The molecule has 5 nitrogen and oxygen atoms in total. The summed E-state index contributed by atoms with van der Waals surface area (Å²) in [4.78, 5) is 21.4. The first kappa shape index (κ1) is 13.8. The Bertz CT molecular complexity index is 1040. The zero-order chi connectivity index (χ0) is 15.1. The maximum atomic E-state index is 11.9. The molecule has 0 radical (unpaired) electrons. The van der Waals surface area contributed by atoms with Gasteiger partial charge in [0.15, 0.2) is 10.5 Å². The van der Waals surface area contributed by atoms with E-state index in [-0.39, 0.29) is 5.56 Å². The van der Waals surface area contributed by atoms with E-state index in [0.29, 0.717) is 32.2 Å². The molecule has 22 heavy (non-hydrogen) atoms. The van der Waals surface area contributed by atoms with Crippen molar-refractivity contribution in [3.63, 3.8) is 0 Å². The molecule has 110 valence electrons. The van der Waals surface area contributed by atoms with Gasteiger partial charge in [-0.05, 0) is 12.1 Å². The molecule has 0 aliphatic rings. The number of oxazole rings is 1. The summed E-state index contributed by atoms with van der Waals surface area (Å²) in [6.45, 7) is 0. The van der Waals surface area contributed by atoms with Crippen LogP contribution < -0.4 is 5.56 Å². The van der Waals surface area contributed by atoms with Crippen molar-refractivity contribution >= 4 is 50.8 Å². The number of thioether (sulfide) groups is 1. The van der Waals surface area contributed by atoms with E-state index in [0.717, 1.165) is 5.52 Å². The highest BCUT2D eigenvalue weighted by Gasteiger charge is 2.09. The van der Waals surface area contributed by atoms with Gasteiger partial charge < -0.3 is 4.42 Å². The van der Waals surface area contributed by atoms with Crippen molar-refractivity contribution in [2.45, 2.75) is 11.0 Å². The Labute approximate surface area is 137 Å². The smallest absolute Gasteiger partial charge is 0.258 e. The van der Waals surface area contributed by atoms with Crippen LogP contribution in [0.2, 0.25) is 5.02 Å². The number of aromatic nitrogens is 3. The van der Waals surface area contributed by atoms with Gasteiger partial charge in [0.05, 0.1) is 5.69 Å². The summed E-state index contributed by atoms with van der Waals surface area (Å²) in [6, 6.07) is 6.85. The second-order valence-electron chi connectivity index (χ2n) is 4.52. The molecule has 4 aromatic rings. The van der Waals surface area contributed by atoms with E-state index in [9.17, 15) is 4.79 Å². The third kappa shape index (κ3) is 2.51. The largest absolute Gasteiger partial charge is 0.431 e. The van der Waals surface area contributed by atoms with Crippen molar-refractivity contribution < 1.29 is 4.42 Å². The average Bonchev–Trinajstić information content (AvgIpc) is 3.10. The van der Waals surface area contributed by atoms with E-state index in [4.69, 9.17) is 16.0 Å². The molecule has 0 spiro atoms. The van der Waals surface area contributed by atoms with E-state index < -0.39 is 0 Å². The fourth-order valence-electron chi connectivity index (χ4n) is 2.04. The summed E-state index contributed by atoms with van der Waals surface area (Å²) in [5.74, 6) is 0.518. The summed E-state index contributed by atoms with van der Waals surface area (Å²) in [5.41, 5.74) is 2.04. The number of hydrogen-bond acceptors (Lipinski definition) is 6. The Hall–Kier alpha value is -1.83. The molecule has 0 aliphatic carbocycles. The minimum Gasteiger partial charge on any atom is -0.431 e. The number of benzene rings is 1. The maximum absolute atomic E-state index is 11.9. The summed E-state index contributed by atoms with van der Waals surface area (Å²) < 4.78 is 7.16. The van der Waals surface area contributed by atoms with Gasteiger partial charge in [-0.3, -0.25) is 9.20 Å². The quantitative estimate of drug-likeness (QED) is 0.526. The lowest BCUT2D eigenvalue weighted by Gasteiger charge is -1.98. The average molecular weight is 350 g/mol. The van der Waals surface area contributed by atoms with Gasteiger partial charge >= 0.3 is 0 Å². The molecule has 0 aliphatic heterocycles. The predicted molar refractivity (Wildman–Crippen MR) is 87.9 cm³/mol. The molecule has 0 amide bonds. The zero-order valence-corrected chi connectivity index (χ0v) is 13.4. The molecule has 0 atom stereocenters. The van der Waals surface area contributed by atoms with Crippen molar-refractivity contribution in [2.24, 2.45) is 0 Å². The van der Waals surface area contributed by atoms with Crippen molar-refractivity contribution in [1.82, 2.24) is 14.4 Å². The minimum atomic E-state index is -0.0776. The molecule has 0 unspecified atom stereocenters. The molecule has 0 saturated carbocycles. The van der Waals surface area contributed by atoms with Gasteiger partial charge in [0.2, 0.25) is 0 Å². The van der Waals surface area contributed by atoms with Gasteiger partial charge in [-0.2, -0.15) is 0 Å². The summed E-state index contributed by atoms with van der Waals surface area (Å²) in [7, 11) is 0. The van der Waals surface area contributed by atoms with Gasteiger partial charge in [0.25, 0.3) is 10.8 Å². The van der Waals surface area contributed by atoms with Crippen LogP contribution in [0.5, 0.6) is 0 Å². The van der Waals surface area contributed by atoms with Crippen LogP contribution in [-0.2, 0) is 5.75 Å². The van der Waals surface area contributed by atoms with Crippen LogP contribution in [0, 0.1) is 0 Å². The van der Waals surface area contributed by atoms with E-state index in [1.54, 1.807) is 18.3 Å². The SMILES string of the molecule is O=c1cc(CSc2nc3ccc(Cl)cc3o2)nc2sccn12. The zero-order valence-electron chi connectivity index (χ0n) is 11.0. The third-order valence-corrected chi connectivity index (χ3v) is 4.88. The van der Waals surface area contributed by atoms with Gasteiger partial charge in [-0.25, -0.2) is 9.97 Å². The molecular weight excluding hydrogens is 342 g/mol. The van der Waals surface area contributed by atoms with Crippen molar-refractivity contribution in [2.75, 3.05) is 0 Å². The van der Waals surface area contributed by atoms with Crippen molar-refractivity contribution in [3.8, 4) is 0 Å². The lowest BCUT2D eigenvalue weighted by Crippen LogP contribution is -2.12. The summed E-state index contributed by atoms with van der Waals surface area (Å²) in [5, 5.41) is 2.98. The number of thiazole rings is 1. The molecule has 0 fully saturated rings. The fraction of sp³-hybridized carbons (Fsp3) is 0.0714. The number of fused-ring (bicyclic) bond motifs is 2. The molecule has 0 saturated heterocycles. The Morgan fingerprint density at radius 1 is 1.32 bits per heavy atom. The number of halogens is 1. The number of hydrogen-bond donors (Lipinski definition) is 0. The molecule has 0 bridgehead atoms. The van der Waals surface area contributed by atoms with Crippen LogP contribution in [0.4, 0.5) is 0 Å². The summed E-state index contributed by atoms with van der Waals surface area (Å²) in [6.07, 6.45) is 1.72. The first-order valence-corrected chi connectivity index (χ1v) is 8.58. The molecule has 8 heteroatoms. The van der Waals surface area contributed by atoms with Crippen LogP contribution >= 0.6 is 34.7 Å². The molecule has 4 rings (SSSR count). The van der Waals surface area contributed by atoms with Crippen LogP contribution in [0.15, 0.2) is 50.3 Å². The van der Waals surface area contributed by atoms with Crippen LogP contribution in [0.1, 0.15) is 5.69 Å². The Morgan fingerprint density at radius 3 is 3.14 bits per heavy atom. The Morgan fingerprint density at radius 2 is 2.23 bits per heavy atom. The van der Waals surface area contributed by atoms with E-state index >= 15 is 0 Å². The highest BCUT2D eigenvalue weighted by atomic mass is 35.5. The topological polar surface area (TPSA) is 60.4 Å². The molecule has 3 aromatic heterocycles. The lowest BCUT2D eigenvalue weighted by atomic mass is 10.3. The van der Waals surface area contributed by atoms with Crippen molar-refractivity contribution in [3.05, 3.63) is 56.9 Å². The second kappa shape index (κ2) is 5.42.